The van der Waals surface area contributed by atoms with E-state index in [-0.39, 0.29) is 0 Å². The van der Waals surface area contributed by atoms with Gasteiger partial charge in [-0.05, 0) is 71.3 Å². The molecule has 0 fully saturated rings. The molecule has 0 aliphatic rings. The second kappa shape index (κ2) is 10.3. The van der Waals surface area contributed by atoms with Gasteiger partial charge in [0.2, 0.25) is 5.89 Å². The minimum absolute atomic E-state index is 0.312. The molecule has 0 aliphatic heterocycles. The molecule has 0 unspecified atom stereocenters. The first-order valence-electron chi connectivity index (χ1n) is 12.4. The summed E-state index contributed by atoms with van der Waals surface area (Å²) in [6.45, 7) is 0. The Morgan fingerprint density at radius 2 is 1.24 bits per heavy atom. The normalized spacial score (nSPS) is 11.3. The molecule has 0 aliphatic carbocycles. The van der Waals surface area contributed by atoms with Crippen molar-refractivity contribution in [3.8, 4) is 17.2 Å². The molecular formula is C34H23N3O. The van der Waals surface area contributed by atoms with E-state index in [1.165, 1.54) is 0 Å². The van der Waals surface area contributed by atoms with Gasteiger partial charge in [-0.25, -0.2) is 4.98 Å². The van der Waals surface area contributed by atoms with Crippen LogP contribution in [0.15, 0.2) is 138 Å². The average molecular weight is 490 g/mol. The first-order chi connectivity index (χ1) is 18.8. The number of anilines is 3. The zero-order valence-corrected chi connectivity index (χ0v) is 20.5. The maximum absolute atomic E-state index is 9.91. The van der Waals surface area contributed by atoms with Crippen LogP contribution in [-0.2, 0) is 0 Å². The van der Waals surface area contributed by atoms with Gasteiger partial charge in [0.1, 0.15) is 17.2 Å². The maximum Gasteiger partial charge on any atom is 0.238 e. The Morgan fingerprint density at radius 3 is 1.84 bits per heavy atom. The zero-order valence-electron chi connectivity index (χ0n) is 20.5. The van der Waals surface area contributed by atoms with Crippen molar-refractivity contribution in [1.82, 2.24) is 4.98 Å². The number of benzene rings is 5. The highest BCUT2D eigenvalue weighted by atomic mass is 16.3. The fourth-order valence-electron chi connectivity index (χ4n) is 4.48. The van der Waals surface area contributed by atoms with Crippen molar-refractivity contribution >= 4 is 39.8 Å². The van der Waals surface area contributed by atoms with Gasteiger partial charge in [0.05, 0.1) is 0 Å². The number of hydrogen-bond donors (Lipinski definition) is 0. The molecule has 1 aromatic heterocycles. The Balaban J connectivity index is 1.32. The van der Waals surface area contributed by atoms with Crippen LogP contribution in [0.5, 0.6) is 0 Å². The molecule has 0 spiro atoms. The van der Waals surface area contributed by atoms with Crippen LogP contribution in [0.25, 0.3) is 33.9 Å². The largest absolute Gasteiger partial charge is 0.435 e. The molecular weight excluding hydrogens is 466 g/mol. The Bertz CT molecular complexity index is 1710. The second-order valence-corrected chi connectivity index (χ2v) is 8.84. The lowest BCUT2D eigenvalue weighted by Crippen LogP contribution is -2.09. The van der Waals surface area contributed by atoms with Gasteiger partial charge in [0.15, 0.2) is 5.58 Å². The molecule has 6 rings (SSSR count). The van der Waals surface area contributed by atoms with E-state index in [2.05, 4.69) is 64.5 Å². The molecule has 0 N–H and O–H groups in total. The predicted octanol–water partition coefficient (Wildman–Crippen LogP) is 9.03. The summed E-state index contributed by atoms with van der Waals surface area (Å²) in [4.78, 5) is 6.82. The fourth-order valence-corrected chi connectivity index (χ4v) is 4.48. The molecule has 0 bridgehead atoms. The number of allylic oxidation sites excluding steroid dienone is 1. The third kappa shape index (κ3) is 4.69. The van der Waals surface area contributed by atoms with Crippen molar-refractivity contribution in [2.45, 2.75) is 0 Å². The van der Waals surface area contributed by atoms with E-state index < -0.39 is 0 Å². The van der Waals surface area contributed by atoms with E-state index >= 15 is 0 Å². The summed E-state index contributed by atoms with van der Waals surface area (Å²) in [5.74, 6) is 0.312. The molecule has 38 heavy (non-hydrogen) atoms. The van der Waals surface area contributed by atoms with Gasteiger partial charge < -0.3 is 9.32 Å². The van der Waals surface area contributed by atoms with Gasteiger partial charge in [0, 0.05) is 17.1 Å². The molecule has 1 heterocycles. The van der Waals surface area contributed by atoms with E-state index in [0.29, 0.717) is 17.0 Å². The topological polar surface area (TPSA) is 53.1 Å². The lowest BCUT2D eigenvalue weighted by Gasteiger charge is -2.25. The maximum atomic E-state index is 9.91. The third-order valence-electron chi connectivity index (χ3n) is 6.34. The van der Waals surface area contributed by atoms with Crippen molar-refractivity contribution < 1.29 is 4.42 Å². The summed E-state index contributed by atoms with van der Waals surface area (Å²) in [6.07, 6.45) is 1.81. The molecule has 4 heteroatoms. The Morgan fingerprint density at radius 1 is 0.658 bits per heavy atom. The van der Waals surface area contributed by atoms with Crippen molar-refractivity contribution in [2.24, 2.45) is 0 Å². The SMILES string of the molecule is N#C/C(=C\c1ccc(N(c2ccccc2)c2ccccc2)cc1)c1nc2cc(-c3ccccc3)ccc2o1. The standard InChI is InChI=1S/C34H23N3O/c35-24-28(34-36-32-23-27(18-21-33(32)38-34)26-10-4-1-5-11-26)22-25-16-19-31(20-17-25)37(29-12-6-2-7-13-29)30-14-8-3-9-15-30/h1-23H/b28-22+. The van der Waals surface area contributed by atoms with E-state index in [9.17, 15) is 5.26 Å². The Labute approximate surface area is 221 Å². The van der Waals surface area contributed by atoms with Crippen molar-refractivity contribution in [3.63, 3.8) is 0 Å². The van der Waals surface area contributed by atoms with Crippen molar-refractivity contribution in [2.75, 3.05) is 4.90 Å². The quantitative estimate of drug-likeness (QED) is 0.219. The number of nitriles is 1. The number of aromatic nitrogens is 1. The van der Waals surface area contributed by atoms with Crippen LogP contribution in [0.4, 0.5) is 17.1 Å². The first kappa shape index (κ1) is 23.0. The zero-order chi connectivity index (χ0) is 25.7. The number of oxazole rings is 1. The minimum atomic E-state index is 0.312. The van der Waals surface area contributed by atoms with Crippen LogP contribution in [0, 0.1) is 11.3 Å². The molecule has 0 saturated heterocycles. The molecule has 0 amide bonds. The average Bonchev–Trinajstić information content (AvgIpc) is 3.42. The third-order valence-corrected chi connectivity index (χ3v) is 6.34. The van der Waals surface area contributed by atoms with Gasteiger partial charge in [-0.3, -0.25) is 0 Å². The van der Waals surface area contributed by atoms with Gasteiger partial charge in [-0.1, -0.05) is 84.9 Å². The molecule has 5 aromatic carbocycles. The van der Waals surface area contributed by atoms with Crippen molar-refractivity contribution in [1.29, 1.82) is 5.26 Å². The number of hydrogen-bond acceptors (Lipinski definition) is 4. The Hall–Kier alpha value is -5.40. The lowest BCUT2D eigenvalue weighted by molar-refractivity contribution is 0.586. The number of para-hydroxylation sites is 2. The van der Waals surface area contributed by atoms with E-state index in [1.54, 1.807) is 0 Å². The highest BCUT2D eigenvalue weighted by Gasteiger charge is 2.14. The molecule has 0 saturated carbocycles. The summed E-state index contributed by atoms with van der Waals surface area (Å²) >= 11 is 0. The lowest BCUT2D eigenvalue weighted by atomic mass is 10.1. The number of fused-ring (bicyclic) bond motifs is 1. The predicted molar refractivity (Wildman–Crippen MR) is 154 cm³/mol. The van der Waals surface area contributed by atoms with Gasteiger partial charge >= 0.3 is 0 Å². The van der Waals surface area contributed by atoms with Gasteiger partial charge in [0.25, 0.3) is 0 Å². The van der Waals surface area contributed by atoms with Gasteiger partial charge in [-0.2, -0.15) is 5.26 Å². The second-order valence-electron chi connectivity index (χ2n) is 8.84. The smallest absolute Gasteiger partial charge is 0.238 e. The van der Waals surface area contributed by atoms with Crippen LogP contribution >= 0.6 is 0 Å². The van der Waals surface area contributed by atoms with E-state index in [4.69, 9.17) is 4.42 Å². The first-order valence-corrected chi connectivity index (χ1v) is 12.4. The summed E-state index contributed by atoms with van der Waals surface area (Å²) in [5, 5.41) is 9.91. The molecule has 0 radical (unpaired) electrons. The van der Waals surface area contributed by atoms with E-state index in [0.717, 1.165) is 39.3 Å². The van der Waals surface area contributed by atoms with Crippen LogP contribution < -0.4 is 4.90 Å². The molecule has 6 aromatic rings. The highest BCUT2D eigenvalue weighted by molar-refractivity contribution is 5.90. The Kier molecular flexibility index (Phi) is 6.24. The summed E-state index contributed by atoms with van der Waals surface area (Å²) in [7, 11) is 0. The molecule has 4 nitrogen and oxygen atoms in total. The highest BCUT2D eigenvalue weighted by Crippen LogP contribution is 2.34. The monoisotopic (exact) mass is 489 g/mol. The number of nitrogens with zero attached hydrogens (tertiary/aromatic N) is 3. The van der Waals surface area contributed by atoms with Crippen LogP contribution in [-0.4, -0.2) is 4.98 Å². The fraction of sp³-hybridized carbons (Fsp3) is 0. The van der Waals surface area contributed by atoms with Gasteiger partial charge in [-0.15, -0.1) is 0 Å². The summed E-state index contributed by atoms with van der Waals surface area (Å²) in [5.41, 5.74) is 7.96. The van der Waals surface area contributed by atoms with Crippen LogP contribution in [0.3, 0.4) is 0 Å². The molecule has 0 atom stereocenters. The van der Waals surface area contributed by atoms with Crippen LogP contribution in [0.1, 0.15) is 11.5 Å². The van der Waals surface area contributed by atoms with Crippen molar-refractivity contribution in [3.05, 3.63) is 145 Å². The number of rotatable bonds is 6. The summed E-state index contributed by atoms with van der Waals surface area (Å²) < 4.78 is 5.95. The summed E-state index contributed by atoms with van der Waals surface area (Å²) in [6, 6.07) is 46.9. The van der Waals surface area contributed by atoms with Crippen LogP contribution in [0.2, 0.25) is 0 Å². The molecule has 180 valence electrons. The van der Waals surface area contributed by atoms with E-state index in [1.807, 2.05) is 91.0 Å². The minimum Gasteiger partial charge on any atom is -0.435 e.